The van der Waals surface area contributed by atoms with Crippen LogP contribution in [-0.2, 0) is 6.42 Å². The van der Waals surface area contributed by atoms with Crippen molar-refractivity contribution in [1.82, 2.24) is 10.2 Å². The molecule has 0 aliphatic carbocycles. The van der Waals surface area contributed by atoms with E-state index in [0.717, 1.165) is 5.56 Å². The van der Waals surface area contributed by atoms with Gasteiger partial charge in [0.05, 0.1) is 27.8 Å². The Morgan fingerprint density at radius 2 is 1.64 bits per heavy atom. The smallest absolute Gasteiger partial charge is 0.322 e. The van der Waals surface area contributed by atoms with Gasteiger partial charge in [-0.1, -0.05) is 34.9 Å². The zero-order valence-corrected chi connectivity index (χ0v) is 16.1. The van der Waals surface area contributed by atoms with E-state index in [1.807, 2.05) is 31.2 Å². The molecule has 8 heteroatoms. The molecule has 2 aromatic carbocycles. The molecule has 0 aliphatic rings. The van der Waals surface area contributed by atoms with Crippen molar-refractivity contribution in [2.75, 3.05) is 26.6 Å². The molecule has 0 spiro atoms. The fraction of sp³-hybridized carbons (Fsp3) is 0.250. The van der Waals surface area contributed by atoms with Gasteiger partial charge in [0.2, 0.25) is 11.6 Å². The van der Waals surface area contributed by atoms with Gasteiger partial charge in [0.25, 0.3) is 5.91 Å². The summed E-state index contributed by atoms with van der Waals surface area (Å²) in [4.78, 5) is 12.6. The first-order valence-electron chi connectivity index (χ1n) is 8.53. The highest BCUT2D eigenvalue weighted by atomic mass is 16.5. The summed E-state index contributed by atoms with van der Waals surface area (Å²) in [6.07, 6.45) is 0.479. The predicted octanol–water partition coefficient (Wildman–Crippen LogP) is 3.25. The van der Waals surface area contributed by atoms with Crippen molar-refractivity contribution >= 4 is 11.9 Å². The van der Waals surface area contributed by atoms with E-state index in [4.69, 9.17) is 18.6 Å². The second kappa shape index (κ2) is 8.43. The van der Waals surface area contributed by atoms with Crippen molar-refractivity contribution in [3.8, 4) is 17.2 Å². The van der Waals surface area contributed by atoms with Gasteiger partial charge in [0, 0.05) is 5.56 Å². The number of hydrogen-bond acceptors (Lipinski definition) is 7. The number of methoxy groups -OCH3 is 3. The molecule has 1 heterocycles. The molecule has 0 fully saturated rings. The van der Waals surface area contributed by atoms with Gasteiger partial charge in [-0.05, 0) is 24.6 Å². The van der Waals surface area contributed by atoms with E-state index in [1.54, 1.807) is 12.1 Å². The summed E-state index contributed by atoms with van der Waals surface area (Å²) in [5.74, 6) is 1.11. The lowest BCUT2D eigenvalue weighted by Crippen LogP contribution is -2.13. The number of aromatic nitrogens is 2. The van der Waals surface area contributed by atoms with Crippen molar-refractivity contribution in [1.29, 1.82) is 0 Å². The molecule has 0 saturated carbocycles. The molecular formula is C20H21N3O5. The number of carbonyl (C=O) groups is 1. The van der Waals surface area contributed by atoms with Gasteiger partial charge in [-0.2, -0.15) is 0 Å². The summed E-state index contributed by atoms with van der Waals surface area (Å²) in [6.45, 7) is 2.02. The number of hydrogen-bond donors (Lipinski definition) is 1. The lowest BCUT2D eigenvalue weighted by Gasteiger charge is -2.13. The van der Waals surface area contributed by atoms with E-state index >= 15 is 0 Å². The Labute approximate surface area is 162 Å². The Morgan fingerprint density at radius 3 is 2.21 bits per heavy atom. The maximum absolute atomic E-state index is 12.6. The standard InChI is InChI=1S/C20H21N3O5/c1-12-5-7-13(8-6-12)9-17-22-23-20(28-17)21-19(24)14-10-15(25-2)18(27-4)16(11-14)26-3/h5-8,10-11H,9H2,1-4H3,(H,21,23,24). The Hall–Kier alpha value is -3.55. The summed E-state index contributed by atoms with van der Waals surface area (Å²) in [5, 5.41) is 10.4. The first kappa shape index (κ1) is 19.2. The molecule has 0 saturated heterocycles. The number of rotatable bonds is 7. The number of nitrogens with zero attached hydrogens (tertiary/aromatic N) is 2. The highest BCUT2D eigenvalue weighted by Gasteiger charge is 2.18. The van der Waals surface area contributed by atoms with E-state index in [-0.39, 0.29) is 6.01 Å². The monoisotopic (exact) mass is 383 g/mol. The van der Waals surface area contributed by atoms with Crippen LogP contribution in [0.2, 0.25) is 0 Å². The molecular weight excluding hydrogens is 362 g/mol. The van der Waals surface area contributed by atoms with Crippen LogP contribution in [0.4, 0.5) is 6.01 Å². The second-order valence-corrected chi connectivity index (χ2v) is 6.03. The highest BCUT2D eigenvalue weighted by molar-refractivity contribution is 6.04. The van der Waals surface area contributed by atoms with Crippen LogP contribution in [0.3, 0.4) is 0 Å². The Bertz CT molecular complexity index is 941. The first-order valence-corrected chi connectivity index (χ1v) is 8.53. The van der Waals surface area contributed by atoms with Crippen molar-refractivity contribution in [3.05, 3.63) is 59.0 Å². The van der Waals surface area contributed by atoms with Gasteiger partial charge < -0.3 is 18.6 Å². The SMILES string of the molecule is COc1cc(C(=O)Nc2nnc(Cc3ccc(C)cc3)o2)cc(OC)c1OC. The zero-order chi connectivity index (χ0) is 20.1. The number of anilines is 1. The second-order valence-electron chi connectivity index (χ2n) is 6.03. The van der Waals surface area contributed by atoms with Gasteiger partial charge in [-0.3, -0.25) is 10.1 Å². The average molecular weight is 383 g/mol. The van der Waals surface area contributed by atoms with Gasteiger partial charge >= 0.3 is 6.01 Å². The normalized spacial score (nSPS) is 10.4. The average Bonchev–Trinajstić information content (AvgIpc) is 3.15. The van der Waals surface area contributed by atoms with Crippen molar-refractivity contribution in [2.45, 2.75) is 13.3 Å². The molecule has 0 aliphatic heterocycles. The first-order chi connectivity index (χ1) is 13.5. The summed E-state index contributed by atoms with van der Waals surface area (Å²) in [5.41, 5.74) is 2.51. The fourth-order valence-electron chi connectivity index (χ4n) is 2.64. The van der Waals surface area contributed by atoms with E-state index < -0.39 is 5.91 Å². The van der Waals surface area contributed by atoms with Crippen LogP contribution in [0.5, 0.6) is 17.2 Å². The van der Waals surface area contributed by atoms with Crippen LogP contribution >= 0.6 is 0 Å². The molecule has 0 atom stereocenters. The minimum absolute atomic E-state index is 0.0147. The van der Waals surface area contributed by atoms with Crippen LogP contribution < -0.4 is 19.5 Å². The molecule has 28 heavy (non-hydrogen) atoms. The summed E-state index contributed by atoms with van der Waals surface area (Å²) < 4.78 is 21.3. The Morgan fingerprint density at radius 1 is 1.00 bits per heavy atom. The van der Waals surface area contributed by atoms with Crippen LogP contribution in [0, 0.1) is 6.92 Å². The maximum Gasteiger partial charge on any atom is 0.322 e. The molecule has 1 amide bonds. The van der Waals surface area contributed by atoms with Gasteiger partial charge in [-0.25, -0.2) is 0 Å². The largest absolute Gasteiger partial charge is 0.493 e. The molecule has 8 nitrogen and oxygen atoms in total. The van der Waals surface area contributed by atoms with Crippen molar-refractivity contribution < 1.29 is 23.4 Å². The third-order valence-electron chi connectivity index (χ3n) is 4.09. The summed E-state index contributed by atoms with van der Waals surface area (Å²) in [7, 11) is 4.46. The van der Waals surface area contributed by atoms with E-state index in [9.17, 15) is 4.79 Å². The molecule has 0 unspecified atom stereocenters. The topological polar surface area (TPSA) is 95.7 Å². The molecule has 1 N–H and O–H groups in total. The number of aryl methyl sites for hydroxylation is 1. The van der Waals surface area contributed by atoms with Crippen LogP contribution in [-0.4, -0.2) is 37.4 Å². The van der Waals surface area contributed by atoms with Gasteiger partial charge in [0.15, 0.2) is 11.5 Å². The Balaban J connectivity index is 1.74. The highest BCUT2D eigenvalue weighted by Crippen LogP contribution is 2.38. The zero-order valence-electron chi connectivity index (χ0n) is 16.1. The molecule has 0 bridgehead atoms. The van der Waals surface area contributed by atoms with E-state index in [2.05, 4.69) is 15.5 Å². The minimum Gasteiger partial charge on any atom is -0.493 e. The molecule has 1 aromatic heterocycles. The van der Waals surface area contributed by atoms with Crippen molar-refractivity contribution in [2.24, 2.45) is 0 Å². The quantitative estimate of drug-likeness (QED) is 0.669. The molecule has 3 aromatic rings. The number of ether oxygens (including phenoxy) is 3. The number of amides is 1. The van der Waals surface area contributed by atoms with Crippen molar-refractivity contribution in [3.63, 3.8) is 0 Å². The third kappa shape index (κ3) is 4.22. The fourth-order valence-corrected chi connectivity index (χ4v) is 2.64. The summed E-state index contributed by atoms with van der Waals surface area (Å²) in [6, 6.07) is 11.1. The van der Waals surface area contributed by atoms with E-state index in [1.165, 1.54) is 26.9 Å². The number of nitrogens with one attached hydrogen (secondary N) is 1. The molecule has 0 radical (unpaired) electrons. The lowest BCUT2D eigenvalue weighted by molar-refractivity contribution is 0.102. The number of carbonyl (C=O) groups excluding carboxylic acids is 1. The molecule has 146 valence electrons. The maximum atomic E-state index is 12.6. The van der Waals surface area contributed by atoms with Gasteiger partial charge in [-0.15, -0.1) is 5.10 Å². The Kier molecular flexibility index (Phi) is 5.78. The predicted molar refractivity (Wildman–Crippen MR) is 102 cm³/mol. The minimum atomic E-state index is -0.440. The van der Waals surface area contributed by atoms with Crippen LogP contribution in [0.25, 0.3) is 0 Å². The van der Waals surface area contributed by atoms with Crippen LogP contribution in [0.15, 0.2) is 40.8 Å². The van der Waals surface area contributed by atoms with E-state index in [0.29, 0.717) is 35.1 Å². The summed E-state index contributed by atoms with van der Waals surface area (Å²) >= 11 is 0. The number of benzene rings is 2. The van der Waals surface area contributed by atoms with Gasteiger partial charge in [0.1, 0.15) is 0 Å². The third-order valence-corrected chi connectivity index (χ3v) is 4.09. The van der Waals surface area contributed by atoms with Crippen LogP contribution in [0.1, 0.15) is 27.4 Å². The molecule has 3 rings (SSSR count). The lowest BCUT2D eigenvalue weighted by atomic mass is 10.1.